The zero-order chi connectivity index (χ0) is 19.7. The standard InChI is InChI=1S/C22H23NO5/c1-14-4-3-9-23(12-14)21(24)13-27-16-6-8-18-17-7-5-15(26-2)10-19(17)22(25)28-20(18)11-16/h5-8,10-11,14H,3-4,9,12-13H2,1-2H3/t14-/m1/s1. The summed E-state index contributed by atoms with van der Waals surface area (Å²) in [6, 6.07) is 10.6. The van der Waals surface area contributed by atoms with Gasteiger partial charge in [0.05, 0.1) is 12.5 Å². The molecule has 2 heterocycles. The number of benzene rings is 2. The summed E-state index contributed by atoms with van der Waals surface area (Å²) in [4.78, 5) is 26.6. The molecule has 0 bridgehead atoms. The number of nitrogens with zero attached hydrogens (tertiary/aromatic N) is 1. The quantitative estimate of drug-likeness (QED) is 0.510. The number of amides is 1. The van der Waals surface area contributed by atoms with E-state index in [-0.39, 0.29) is 12.5 Å². The Bertz CT molecular complexity index is 1090. The van der Waals surface area contributed by atoms with E-state index in [0.717, 1.165) is 36.7 Å². The van der Waals surface area contributed by atoms with Crippen molar-refractivity contribution in [2.75, 3.05) is 26.8 Å². The first-order chi connectivity index (χ1) is 13.5. The molecule has 1 aliphatic rings. The smallest absolute Gasteiger partial charge is 0.344 e. The van der Waals surface area contributed by atoms with E-state index in [1.54, 1.807) is 25.3 Å². The summed E-state index contributed by atoms with van der Waals surface area (Å²) in [6.07, 6.45) is 2.19. The van der Waals surface area contributed by atoms with Crippen LogP contribution in [0.3, 0.4) is 0 Å². The third-order valence-electron chi connectivity index (χ3n) is 5.26. The molecule has 0 spiro atoms. The fourth-order valence-corrected chi connectivity index (χ4v) is 3.76. The zero-order valence-corrected chi connectivity index (χ0v) is 16.1. The Kier molecular flexibility index (Phi) is 4.94. The van der Waals surface area contributed by atoms with Gasteiger partial charge in [-0.15, -0.1) is 0 Å². The number of carbonyl (C=O) groups is 1. The molecule has 1 aliphatic heterocycles. The molecule has 1 atom stereocenters. The SMILES string of the molecule is COc1ccc2c(c1)c(=O)oc1cc(OCC(=O)N3CCC[C@@H](C)C3)ccc12. The molecule has 6 nitrogen and oxygen atoms in total. The molecular weight excluding hydrogens is 358 g/mol. The predicted octanol–water partition coefficient (Wildman–Crippen LogP) is 3.59. The van der Waals surface area contributed by atoms with Crippen LogP contribution in [0.1, 0.15) is 19.8 Å². The lowest BCUT2D eigenvalue weighted by Crippen LogP contribution is -2.41. The van der Waals surface area contributed by atoms with Gasteiger partial charge in [-0.3, -0.25) is 4.79 Å². The maximum Gasteiger partial charge on any atom is 0.344 e. The maximum atomic E-state index is 12.4. The van der Waals surface area contributed by atoms with E-state index in [9.17, 15) is 9.59 Å². The number of rotatable bonds is 4. The molecule has 0 unspecified atom stereocenters. The van der Waals surface area contributed by atoms with Crippen LogP contribution in [0.4, 0.5) is 0 Å². The van der Waals surface area contributed by atoms with Crippen molar-refractivity contribution in [2.45, 2.75) is 19.8 Å². The van der Waals surface area contributed by atoms with Crippen LogP contribution >= 0.6 is 0 Å². The Labute approximate surface area is 162 Å². The molecule has 0 N–H and O–H groups in total. The molecule has 146 valence electrons. The second kappa shape index (κ2) is 7.54. The topological polar surface area (TPSA) is 69.0 Å². The van der Waals surface area contributed by atoms with Crippen LogP contribution < -0.4 is 15.1 Å². The molecule has 4 rings (SSSR count). The molecule has 6 heteroatoms. The number of hydrogen-bond donors (Lipinski definition) is 0. The minimum atomic E-state index is -0.433. The van der Waals surface area contributed by atoms with Gasteiger partial charge in [-0.1, -0.05) is 6.92 Å². The average Bonchev–Trinajstić information content (AvgIpc) is 2.71. The van der Waals surface area contributed by atoms with Crippen molar-refractivity contribution in [3.05, 3.63) is 46.8 Å². The van der Waals surface area contributed by atoms with Gasteiger partial charge in [0.1, 0.15) is 17.1 Å². The molecule has 0 aliphatic carbocycles. The molecule has 3 aromatic rings. The summed E-state index contributed by atoms with van der Waals surface area (Å²) in [6.45, 7) is 3.71. The summed E-state index contributed by atoms with van der Waals surface area (Å²) in [5, 5.41) is 2.06. The van der Waals surface area contributed by atoms with Crippen molar-refractivity contribution in [2.24, 2.45) is 5.92 Å². The summed E-state index contributed by atoms with van der Waals surface area (Å²) >= 11 is 0. The highest BCUT2D eigenvalue weighted by molar-refractivity contribution is 6.04. The first-order valence-corrected chi connectivity index (χ1v) is 9.50. The molecule has 28 heavy (non-hydrogen) atoms. The van der Waals surface area contributed by atoms with E-state index in [0.29, 0.717) is 28.4 Å². The number of carbonyl (C=O) groups excluding carboxylic acids is 1. The molecule has 0 saturated carbocycles. The minimum Gasteiger partial charge on any atom is -0.497 e. The van der Waals surface area contributed by atoms with Gasteiger partial charge >= 0.3 is 5.63 Å². The fourth-order valence-electron chi connectivity index (χ4n) is 3.76. The second-order valence-electron chi connectivity index (χ2n) is 7.33. The third kappa shape index (κ3) is 3.54. The summed E-state index contributed by atoms with van der Waals surface area (Å²) in [7, 11) is 1.55. The number of likely N-dealkylation sites (tertiary alicyclic amines) is 1. The van der Waals surface area contributed by atoms with Crippen LogP contribution in [0, 0.1) is 5.92 Å². The van der Waals surface area contributed by atoms with Crippen molar-refractivity contribution in [1.29, 1.82) is 0 Å². The highest BCUT2D eigenvalue weighted by atomic mass is 16.5. The lowest BCUT2D eigenvalue weighted by molar-refractivity contribution is -0.135. The number of hydrogen-bond acceptors (Lipinski definition) is 5. The van der Waals surface area contributed by atoms with Crippen LogP contribution in [0.2, 0.25) is 0 Å². The first-order valence-electron chi connectivity index (χ1n) is 9.50. The normalized spacial score (nSPS) is 17.1. The third-order valence-corrected chi connectivity index (χ3v) is 5.26. The maximum absolute atomic E-state index is 12.4. The van der Waals surface area contributed by atoms with Gasteiger partial charge < -0.3 is 18.8 Å². The van der Waals surface area contributed by atoms with E-state index in [1.165, 1.54) is 0 Å². The second-order valence-corrected chi connectivity index (χ2v) is 7.33. The van der Waals surface area contributed by atoms with Crippen LogP contribution in [0.5, 0.6) is 11.5 Å². The molecule has 1 fully saturated rings. The van der Waals surface area contributed by atoms with Crippen LogP contribution in [-0.2, 0) is 4.79 Å². The lowest BCUT2D eigenvalue weighted by atomic mass is 10.0. The van der Waals surface area contributed by atoms with Crippen molar-refractivity contribution in [1.82, 2.24) is 4.90 Å². The highest BCUT2D eigenvalue weighted by Crippen LogP contribution is 2.28. The molecule has 0 radical (unpaired) electrons. The summed E-state index contributed by atoms with van der Waals surface area (Å²) in [5.74, 6) is 1.62. The monoisotopic (exact) mass is 381 g/mol. The van der Waals surface area contributed by atoms with Gasteiger partial charge in [-0.25, -0.2) is 4.79 Å². The highest BCUT2D eigenvalue weighted by Gasteiger charge is 2.21. The fraction of sp³-hybridized carbons (Fsp3) is 0.364. The molecule has 1 saturated heterocycles. The molecule has 1 aromatic heterocycles. The minimum absolute atomic E-state index is 0.0151. The van der Waals surface area contributed by atoms with E-state index in [2.05, 4.69) is 6.92 Å². The summed E-state index contributed by atoms with van der Waals surface area (Å²) < 4.78 is 16.3. The summed E-state index contributed by atoms with van der Waals surface area (Å²) in [5.41, 5.74) is -0.00357. The van der Waals surface area contributed by atoms with Gasteiger partial charge in [-0.2, -0.15) is 0 Å². The van der Waals surface area contributed by atoms with Gasteiger partial charge in [0.15, 0.2) is 6.61 Å². The van der Waals surface area contributed by atoms with Crippen LogP contribution in [0.15, 0.2) is 45.6 Å². The Morgan fingerprint density at radius 3 is 2.71 bits per heavy atom. The number of methoxy groups -OCH3 is 1. The van der Waals surface area contributed by atoms with Crippen LogP contribution in [0.25, 0.3) is 21.7 Å². The number of ether oxygens (including phenoxy) is 2. The Hall–Kier alpha value is -3.02. The lowest BCUT2D eigenvalue weighted by Gasteiger charge is -2.30. The van der Waals surface area contributed by atoms with Gasteiger partial charge in [0.2, 0.25) is 0 Å². The molecule has 1 amide bonds. The Morgan fingerprint density at radius 2 is 1.93 bits per heavy atom. The predicted molar refractivity (Wildman–Crippen MR) is 107 cm³/mol. The van der Waals surface area contributed by atoms with Crippen molar-refractivity contribution in [3.63, 3.8) is 0 Å². The van der Waals surface area contributed by atoms with E-state index >= 15 is 0 Å². The van der Waals surface area contributed by atoms with E-state index < -0.39 is 5.63 Å². The average molecular weight is 381 g/mol. The first kappa shape index (κ1) is 18.3. The molecule has 2 aromatic carbocycles. The number of fused-ring (bicyclic) bond motifs is 3. The molecular formula is C22H23NO5. The Morgan fingerprint density at radius 1 is 1.14 bits per heavy atom. The zero-order valence-electron chi connectivity index (χ0n) is 16.1. The Balaban J connectivity index is 1.57. The van der Waals surface area contributed by atoms with E-state index in [1.807, 2.05) is 23.1 Å². The van der Waals surface area contributed by atoms with Crippen molar-refractivity contribution < 1.29 is 18.7 Å². The van der Waals surface area contributed by atoms with Crippen molar-refractivity contribution >= 4 is 27.6 Å². The number of piperidine rings is 1. The van der Waals surface area contributed by atoms with Crippen molar-refractivity contribution in [3.8, 4) is 11.5 Å². The largest absolute Gasteiger partial charge is 0.497 e. The van der Waals surface area contributed by atoms with Gasteiger partial charge in [-0.05, 0) is 49.1 Å². The van der Waals surface area contributed by atoms with E-state index in [4.69, 9.17) is 13.9 Å². The van der Waals surface area contributed by atoms with Crippen LogP contribution in [-0.4, -0.2) is 37.6 Å². The van der Waals surface area contributed by atoms with Gasteiger partial charge in [0, 0.05) is 29.9 Å². The van der Waals surface area contributed by atoms with Gasteiger partial charge in [0.25, 0.3) is 5.91 Å².